The molecule has 1 N–H and O–H groups in total. The molecule has 0 bridgehead atoms. The highest BCUT2D eigenvalue weighted by Crippen LogP contribution is 2.22. The maximum absolute atomic E-state index is 14.0. The van der Waals surface area contributed by atoms with Gasteiger partial charge in [0.2, 0.25) is 15.9 Å². The van der Waals surface area contributed by atoms with E-state index in [1.165, 1.54) is 18.2 Å². The first-order valence-corrected chi connectivity index (χ1v) is 10.3. The molecule has 6 nitrogen and oxygen atoms in total. The SMILES string of the molecule is CCOc1ccc([C@H](C)NC(=O)CN(c2ccccc2F)S(C)(=O)=O)cc1. The van der Waals surface area contributed by atoms with Crippen molar-refractivity contribution in [3.8, 4) is 5.75 Å². The van der Waals surface area contributed by atoms with Gasteiger partial charge >= 0.3 is 0 Å². The summed E-state index contributed by atoms with van der Waals surface area (Å²) < 4.78 is 44.2. The first-order chi connectivity index (χ1) is 12.7. The highest BCUT2D eigenvalue weighted by Gasteiger charge is 2.24. The van der Waals surface area contributed by atoms with Crippen LogP contribution in [0.25, 0.3) is 0 Å². The summed E-state index contributed by atoms with van der Waals surface area (Å²) in [5.74, 6) is -0.525. The molecule has 0 radical (unpaired) electrons. The topological polar surface area (TPSA) is 75.7 Å². The minimum absolute atomic E-state index is 0.163. The van der Waals surface area contributed by atoms with Gasteiger partial charge in [0, 0.05) is 0 Å². The molecule has 8 heteroatoms. The Labute approximate surface area is 159 Å². The molecule has 0 saturated carbocycles. The quantitative estimate of drug-likeness (QED) is 0.747. The molecule has 0 fully saturated rings. The van der Waals surface area contributed by atoms with E-state index in [2.05, 4.69) is 5.32 Å². The van der Waals surface area contributed by atoms with Crippen molar-refractivity contribution >= 4 is 21.6 Å². The summed E-state index contributed by atoms with van der Waals surface area (Å²) in [5.41, 5.74) is 0.674. The third-order valence-electron chi connectivity index (χ3n) is 3.88. The molecule has 2 rings (SSSR count). The van der Waals surface area contributed by atoms with Crippen LogP contribution < -0.4 is 14.4 Å². The first-order valence-electron chi connectivity index (χ1n) is 8.46. The smallest absolute Gasteiger partial charge is 0.241 e. The molecule has 1 amide bonds. The van der Waals surface area contributed by atoms with Gasteiger partial charge in [0.15, 0.2) is 0 Å². The van der Waals surface area contributed by atoms with Crippen molar-refractivity contribution in [3.63, 3.8) is 0 Å². The third-order valence-corrected chi connectivity index (χ3v) is 5.00. The van der Waals surface area contributed by atoms with Gasteiger partial charge in [0.1, 0.15) is 18.1 Å². The van der Waals surface area contributed by atoms with Crippen molar-refractivity contribution in [2.45, 2.75) is 19.9 Å². The molecule has 0 aliphatic carbocycles. The van der Waals surface area contributed by atoms with Gasteiger partial charge in [-0.15, -0.1) is 0 Å². The minimum atomic E-state index is -3.83. The number of nitrogens with zero attached hydrogens (tertiary/aromatic N) is 1. The molecule has 27 heavy (non-hydrogen) atoms. The van der Waals surface area contributed by atoms with Crippen molar-refractivity contribution in [2.24, 2.45) is 0 Å². The summed E-state index contributed by atoms with van der Waals surface area (Å²) in [6.45, 7) is 3.71. The van der Waals surface area contributed by atoms with Crippen LogP contribution in [0.4, 0.5) is 10.1 Å². The lowest BCUT2D eigenvalue weighted by Gasteiger charge is -2.23. The molecule has 1 atom stereocenters. The molecule has 2 aromatic carbocycles. The number of hydrogen-bond acceptors (Lipinski definition) is 4. The lowest BCUT2D eigenvalue weighted by Crippen LogP contribution is -2.41. The Morgan fingerprint density at radius 1 is 1.19 bits per heavy atom. The van der Waals surface area contributed by atoms with E-state index in [-0.39, 0.29) is 11.7 Å². The normalized spacial score (nSPS) is 12.3. The highest BCUT2D eigenvalue weighted by molar-refractivity contribution is 7.92. The lowest BCUT2D eigenvalue weighted by molar-refractivity contribution is -0.120. The predicted molar refractivity (Wildman–Crippen MR) is 103 cm³/mol. The van der Waals surface area contributed by atoms with E-state index in [1.807, 2.05) is 19.1 Å². The van der Waals surface area contributed by atoms with Crippen LogP contribution in [0, 0.1) is 5.82 Å². The average Bonchev–Trinajstić information content (AvgIpc) is 2.60. The van der Waals surface area contributed by atoms with E-state index >= 15 is 0 Å². The van der Waals surface area contributed by atoms with Crippen LogP contribution in [0.1, 0.15) is 25.5 Å². The van der Waals surface area contributed by atoms with E-state index in [1.54, 1.807) is 19.1 Å². The zero-order valence-electron chi connectivity index (χ0n) is 15.5. The Bertz CT molecular complexity index is 885. The van der Waals surface area contributed by atoms with Crippen LogP contribution in [0.2, 0.25) is 0 Å². The zero-order valence-corrected chi connectivity index (χ0v) is 16.3. The number of nitrogens with one attached hydrogen (secondary N) is 1. The predicted octanol–water partition coefficient (Wildman–Crippen LogP) is 2.87. The average molecular weight is 394 g/mol. The summed E-state index contributed by atoms with van der Waals surface area (Å²) in [7, 11) is -3.83. The van der Waals surface area contributed by atoms with Crippen LogP contribution in [-0.4, -0.2) is 33.7 Å². The van der Waals surface area contributed by atoms with Gasteiger partial charge < -0.3 is 10.1 Å². The minimum Gasteiger partial charge on any atom is -0.494 e. The van der Waals surface area contributed by atoms with Gasteiger partial charge in [-0.05, 0) is 43.7 Å². The van der Waals surface area contributed by atoms with E-state index < -0.39 is 28.3 Å². The van der Waals surface area contributed by atoms with Gasteiger partial charge in [-0.25, -0.2) is 12.8 Å². The molecule has 0 aliphatic rings. The van der Waals surface area contributed by atoms with Crippen molar-refractivity contribution in [1.29, 1.82) is 0 Å². The van der Waals surface area contributed by atoms with Crippen molar-refractivity contribution in [2.75, 3.05) is 23.7 Å². The largest absolute Gasteiger partial charge is 0.494 e. The zero-order chi connectivity index (χ0) is 20.0. The van der Waals surface area contributed by atoms with E-state index in [4.69, 9.17) is 4.74 Å². The first kappa shape index (κ1) is 20.7. The summed E-state index contributed by atoms with van der Waals surface area (Å²) in [5, 5.41) is 2.73. The Kier molecular flexibility index (Phi) is 6.79. The van der Waals surface area contributed by atoms with Gasteiger partial charge in [0.25, 0.3) is 0 Å². The number of sulfonamides is 1. The number of para-hydroxylation sites is 1. The number of anilines is 1. The Morgan fingerprint density at radius 2 is 1.81 bits per heavy atom. The molecule has 146 valence electrons. The lowest BCUT2D eigenvalue weighted by atomic mass is 10.1. The fourth-order valence-corrected chi connectivity index (χ4v) is 3.41. The van der Waals surface area contributed by atoms with E-state index in [9.17, 15) is 17.6 Å². The second-order valence-corrected chi connectivity index (χ2v) is 7.92. The van der Waals surface area contributed by atoms with E-state index in [0.717, 1.165) is 27.9 Å². The number of carbonyl (C=O) groups excluding carboxylic acids is 1. The number of halogens is 1. The molecule has 0 saturated heterocycles. The number of rotatable bonds is 8. The molecular weight excluding hydrogens is 371 g/mol. The molecule has 0 aromatic heterocycles. The molecular formula is C19H23FN2O4S. The second-order valence-electron chi connectivity index (χ2n) is 6.01. The number of amides is 1. The Morgan fingerprint density at radius 3 is 2.37 bits per heavy atom. The third kappa shape index (κ3) is 5.68. The fraction of sp³-hybridized carbons (Fsp3) is 0.316. The number of ether oxygens (including phenoxy) is 1. The second kappa shape index (κ2) is 8.85. The number of carbonyl (C=O) groups is 1. The van der Waals surface area contributed by atoms with Crippen molar-refractivity contribution in [3.05, 3.63) is 59.9 Å². The Balaban J connectivity index is 2.10. The maximum atomic E-state index is 14.0. The standard InChI is InChI=1S/C19H23FN2O4S/c1-4-26-16-11-9-15(10-12-16)14(2)21-19(23)13-22(27(3,24)25)18-8-6-5-7-17(18)20/h5-12,14H,4,13H2,1-3H3,(H,21,23)/t14-/m0/s1. The Hall–Kier alpha value is -2.61. The summed E-state index contributed by atoms with van der Waals surface area (Å²) in [6.07, 6.45) is 0.933. The number of benzene rings is 2. The maximum Gasteiger partial charge on any atom is 0.241 e. The molecule has 0 spiro atoms. The van der Waals surface area contributed by atoms with Crippen LogP contribution in [0.15, 0.2) is 48.5 Å². The number of hydrogen-bond donors (Lipinski definition) is 1. The molecule has 0 unspecified atom stereocenters. The van der Waals surface area contributed by atoms with Crippen LogP contribution in [-0.2, 0) is 14.8 Å². The summed E-state index contributed by atoms with van der Waals surface area (Å²) in [4.78, 5) is 12.4. The van der Waals surface area contributed by atoms with Crippen molar-refractivity contribution in [1.82, 2.24) is 5.32 Å². The van der Waals surface area contributed by atoms with Gasteiger partial charge in [-0.1, -0.05) is 24.3 Å². The molecule has 0 heterocycles. The summed E-state index contributed by atoms with van der Waals surface area (Å²) in [6, 6.07) is 12.3. The monoisotopic (exact) mass is 394 g/mol. The van der Waals surface area contributed by atoms with Gasteiger partial charge in [0.05, 0.1) is 24.6 Å². The fourth-order valence-electron chi connectivity index (χ4n) is 2.56. The van der Waals surface area contributed by atoms with Crippen LogP contribution in [0.3, 0.4) is 0 Å². The highest BCUT2D eigenvalue weighted by atomic mass is 32.2. The van der Waals surface area contributed by atoms with Gasteiger partial charge in [-0.3, -0.25) is 9.10 Å². The molecule has 2 aromatic rings. The van der Waals surface area contributed by atoms with E-state index in [0.29, 0.717) is 6.61 Å². The molecule has 0 aliphatic heterocycles. The summed E-state index contributed by atoms with van der Waals surface area (Å²) >= 11 is 0. The van der Waals surface area contributed by atoms with Crippen molar-refractivity contribution < 1.29 is 22.3 Å². The van der Waals surface area contributed by atoms with Crippen LogP contribution in [0.5, 0.6) is 5.75 Å². The van der Waals surface area contributed by atoms with Crippen LogP contribution >= 0.6 is 0 Å². The van der Waals surface area contributed by atoms with Gasteiger partial charge in [-0.2, -0.15) is 0 Å².